The van der Waals surface area contributed by atoms with Crippen LogP contribution in [0, 0.1) is 11.3 Å². The number of hydrogen-bond acceptors (Lipinski definition) is 3. The minimum Gasteiger partial charge on any atom is -0.286 e. The van der Waals surface area contributed by atoms with Gasteiger partial charge in [0.1, 0.15) is 5.54 Å². The van der Waals surface area contributed by atoms with Crippen molar-refractivity contribution in [1.29, 1.82) is 5.26 Å². The van der Waals surface area contributed by atoms with E-state index in [-0.39, 0.29) is 0 Å². The number of nitriles is 1. The lowest BCUT2D eigenvalue weighted by Crippen LogP contribution is -2.47. The van der Waals surface area contributed by atoms with Crippen molar-refractivity contribution < 1.29 is 0 Å². The van der Waals surface area contributed by atoms with Crippen molar-refractivity contribution in [2.45, 2.75) is 50.5 Å². The second-order valence-electron chi connectivity index (χ2n) is 5.40. The third kappa shape index (κ3) is 4.54. The first-order chi connectivity index (χ1) is 9.59. The van der Waals surface area contributed by atoms with Crippen LogP contribution < -0.4 is 0 Å². The summed E-state index contributed by atoms with van der Waals surface area (Å²) in [5.41, 5.74) is 0.830. The van der Waals surface area contributed by atoms with Gasteiger partial charge in [0.15, 0.2) is 0 Å². The molecule has 1 aromatic rings. The van der Waals surface area contributed by atoms with Crippen molar-refractivity contribution in [3.05, 3.63) is 29.8 Å². The van der Waals surface area contributed by atoms with E-state index in [0.717, 1.165) is 32.4 Å². The topological polar surface area (TPSA) is 27.0 Å². The highest BCUT2D eigenvalue weighted by Gasteiger charge is 2.31. The second kappa shape index (κ2) is 8.34. The summed E-state index contributed by atoms with van der Waals surface area (Å²) < 4.78 is 0. The fraction of sp³-hybridized carbons (Fsp3) is 0.588. The molecule has 0 radical (unpaired) electrons. The van der Waals surface area contributed by atoms with E-state index < -0.39 is 5.54 Å². The molecule has 0 saturated carbocycles. The van der Waals surface area contributed by atoms with Crippen molar-refractivity contribution in [2.75, 3.05) is 19.3 Å². The van der Waals surface area contributed by atoms with Gasteiger partial charge in [-0.25, -0.2) is 0 Å². The summed E-state index contributed by atoms with van der Waals surface area (Å²) in [4.78, 5) is 3.60. The number of thioether (sulfide) groups is 1. The van der Waals surface area contributed by atoms with E-state index in [2.05, 4.69) is 62.3 Å². The Morgan fingerprint density at radius 3 is 2.10 bits per heavy atom. The van der Waals surface area contributed by atoms with Crippen LogP contribution in [-0.4, -0.2) is 29.8 Å². The van der Waals surface area contributed by atoms with Gasteiger partial charge in [-0.3, -0.25) is 4.90 Å². The van der Waals surface area contributed by atoms with E-state index >= 15 is 0 Å². The molecule has 2 nitrogen and oxygen atoms in total. The van der Waals surface area contributed by atoms with Crippen LogP contribution in [-0.2, 0) is 6.42 Å². The molecule has 0 spiro atoms. The minimum atomic E-state index is -0.410. The maximum atomic E-state index is 9.68. The average Bonchev–Trinajstić information content (AvgIpc) is 2.47. The molecule has 1 atom stereocenters. The number of benzene rings is 1. The van der Waals surface area contributed by atoms with Crippen LogP contribution in [0.3, 0.4) is 0 Å². The normalized spacial score (nSPS) is 14.0. The predicted octanol–water partition coefficient (Wildman–Crippen LogP) is 4.36. The average molecular weight is 290 g/mol. The Labute approximate surface area is 128 Å². The van der Waals surface area contributed by atoms with Crippen molar-refractivity contribution in [3.8, 4) is 6.07 Å². The van der Waals surface area contributed by atoms with Gasteiger partial charge in [-0.1, -0.05) is 26.0 Å². The molecule has 0 amide bonds. The summed E-state index contributed by atoms with van der Waals surface area (Å²) in [6.07, 6.45) is 5.04. The molecule has 1 rings (SSSR count). The van der Waals surface area contributed by atoms with Gasteiger partial charge in [0.25, 0.3) is 0 Å². The van der Waals surface area contributed by atoms with Gasteiger partial charge in [-0.2, -0.15) is 5.26 Å². The molecule has 0 aromatic heterocycles. The van der Waals surface area contributed by atoms with Crippen LogP contribution in [0.15, 0.2) is 29.2 Å². The molecule has 3 heteroatoms. The van der Waals surface area contributed by atoms with Crippen LogP contribution in [0.5, 0.6) is 0 Å². The first-order valence-electron chi connectivity index (χ1n) is 7.38. The largest absolute Gasteiger partial charge is 0.286 e. The molecule has 0 bridgehead atoms. The molecule has 0 N–H and O–H groups in total. The van der Waals surface area contributed by atoms with Crippen LogP contribution in [0.25, 0.3) is 0 Å². The number of rotatable bonds is 8. The Morgan fingerprint density at radius 2 is 1.70 bits per heavy atom. The predicted molar refractivity (Wildman–Crippen MR) is 88.1 cm³/mol. The minimum absolute atomic E-state index is 0.410. The summed E-state index contributed by atoms with van der Waals surface area (Å²) in [6, 6.07) is 11.1. The quantitative estimate of drug-likeness (QED) is 0.666. The molecule has 1 aromatic carbocycles. The lowest BCUT2D eigenvalue weighted by atomic mass is 9.92. The molecule has 110 valence electrons. The van der Waals surface area contributed by atoms with E-state index in [1.807, 2.05) is 0 Å². The first kappa shape index (κ1) is 17.1. The Balaban J connectivity index is 2.88. The van der Waals surface area contributed by atoms with E-state index in [1.54, 1.807) is 11.8 Å². The van der Waals surface area contributed by atoms with Crippen molar-refractivity contribution >= 4 is 11.8 Å². The molecule has 0 fully saturated rings. The monoisotopic (exact) mass is 290 g/mol. The highest BCUT2D eigenvalue weighted by atomic mass is 32.2. The highest BCUT2D eigenvalue weighted by Crippen LogP contribution is 2.23. The van der Waals surface area contributed by atoms with Gasteiger partial charge in [0.2, 0.25) is 0 Å². The molecule has 0 aliphatic heterocycles. The maximum absolute atomic E-state index is 9.68. The first-order valence-corrected chi connectivity index (χ1v) is 8.61. The van der Waals surface area contributed by atoms with Gasteiger partial charge in [0, 0.05) is 11.3 Å². The van der Waals surface area contributed by atoms with E-state index in [4.69, 9.17) is 0 Å². The third-order valence-electron chi connectivity index (χ3n) is 3.63. The van der Waals surface area contributed by atoms with Crippen LogP contribution in [0.4, 0.5) is 0 Å². The molecule has 0 heterocycles. The molecule has 0 aliphatic rings. The zero-order valence-electron chi connectivity index (χ0n) is 13.1. The summed E-state index contributed by atoms with van der Waals surface area (Å²) in [5.74, 6) is 0. The zero-order valence-corrected chi connectivity index (χ0v) is 14.0. The lowest BCUT2D eigenvalue weighted by Gasteiger charge is -2.36. The van der Waals surface area contributed by atoms with E-state index in [1.165, 1.54) is 10.5 Å². The molecule has 20 heavy (non-hydrogen) atoms. The van der Waals surface area contributed by atoms with E-state index in [9.17, 15) is 5.26 Å². The van der Waals surface area contributed by atoms with Gasteiger partial charge in [-0.15, -0.1) is 11.8 Å². The number of nitrogens with zero attached hydrogens (tertiary/aromatic N) is 2. The molecular weight excluding hydrogens is 264 g/mol. The van der Waals surface area contributed by atoms with Crippen molar-refractivity contribution in [2.24, 2.45) is 0 Å². The summed E-state index contributed by atoms with van der Waals surface area (Å²) in [5, 5.41) is 9.68. The molecule has 0 aliphatic carbocycles. The molecular formula is C17H26N2S. The summed E-state index contributed by atoms with van der Waals surface area (Å²) in [6.45, 7) is 8.39. The zero-order chi connectivity index (χ0) is 15.0. The number of hydrogen-bond donors (Lipinski definition) is 0. The van der Waals surface area contributed by atoms with Crippen molar-refractivity contribution in [1.82, 2.24) is 4.90 Å². The van der Waals surface area contributed by atoms with Crippen LogP contribution in [0.1, 0.15) is 39.2 Å². The Kier molecular flexibility index (Phi) is 7.12. The smallest absolute Gasteiger partial charge is 0.110 e. The van der Waals surface area contributed by atoms with Gasteiger partial charge >= 0.3 is 0 Å². The molecule has 0 saturated heterocycles. The summed E-state index contributed by atoms with van der Waals surface area (Å²) >= 11 is 1.75. The standard InChI is InChI=1S/C17H26N2S/c1-5-11-19(12-6-2)17(3,14-18)13-15-7-9-16(20-4)10-8-15/h7-10H,5-6,11-13H2,1-4H3. The maximum Gasteiger partial charge on any atom is 0.110 e. The third-order valence-corrected chi connectivity index (χ3v) is 4.38. The second-order valence-corrected chi connectivity index (χ2v) is 6.28. The highest BCUT2D eigenvalue weighted by molar-refractivity contribution is 7.98. The van der Waals surface area contributed by atoms with Gasteiger partial charge in [0.05, 0.1) is 6.07 Å². The Hall–Kier alpha value is -0.980. The van der Waals surface area contributed by atoms with Crippen LogP contribution >= 0.6 is 11.8 Å². The Morgan fingerprint density at radius 1 is 1.15 bits per heavy atom. The van der Waals surface area contributed by atoms with Gasteiger partial charge in [-0.05, 0) is 56.8 Å². The molecule has 1 unspecified atom stereocenters. The fourth-order valence-corrected chi connectivity index (χ4v) is 2.92. The SMILES string of the molecule is CCCN(CCC)C(C)(C#N)Cc1ccc(SC)cc1. The van der Waals surface area contributed by atoms with Crippen LogP contribution in [0.2, 0.25) is 0 Å². The fourth-order valence-electron chi connectivity index (χ4n) is 2.51. The van der Waals surface area contributed by atoms with Gasteiger partial charge < -0.3 is 0 Å². The lowest BCUT2D eigenvalue weighted by molar-refractivity contribution is 0.151. The van der Waals surface area contributed by atoms with E-state index in [0.29, 0.717) is 0 Å². The Bertz CT molecular complexity index is 429. The summed E-state index contributed by atoms with van der Waals surface area (Å²) in [7, 11) is 0. The van der Waals surface area contributed by atoms with Crippen molar-refractivity contribution in [3.63, 3.8) is 0 Å².